The normalized spacial score (nSPS) is 12.8. The van der Waals surface area contributed by atoms with Crippen molar-refractivity contribution in [3.05, 3.63) is 95.1 Å². The first-order valence-electron chi connectivity index (χ1n) is 11.8. The predicted molar refractivity (Wildman–Crippen MR) is 142 cm³/mol. The van der Waals surface area contributed by atoms with E-state index in [-0.39, 0.29) is 17.2 Å². The number of phenols is 1. The van der Waals surface area contributed by atoms with Gasteiger partial charge in [0.15, 0.2) is 5.78 Å². The van der Waals surface area contributed by atoms with Gasteiger partial charge in [0, 0.05) is 22.4 Å². The zero-order valence-corrected chi connectivity index (χ0v) is 20.7. The number of Topliss-reactive ketones (excluding diaryl/α,β-unsaturated/α-hetero) is 1. The maximum absolute atomic E-state index is 12.4. The molecule has 0 unspecified atom stereocenters. The maximum Gasteiger partial charge on any atom is 0.251 e. The molecule has 196 valence electrons. The summed E-state index contributed by atoms with van der Waals surface area (Å²) in [6.45, 7) is 0.568. The van der Waals surface area contributed by atoms with Crippen molar-refractivity contribution >= 4 is 23.3 Å². The number of carbonyl (C=O) groups is 3. The quantitative estimate of drug-likeness (QED) is 0.234. The standard InChI is InChI=1S/C29H29N3O6/c1-18(34)27(26(36)17-33)32-28(37)22-10-4-19(5-11-22)2-3-20-6-12-23(13-7-20)31-29(38)25(30)16-21-8-14-24(35)15-9-21/h4-15,18,25,27,33-35H,16-17,30H2,1H3,(H,31,38)(H,32,37)/t18-,25+,27+/m1/s1. The van der Waals surface area contributed by atoms with E-state index in [9.17, 15) is 24.6 Å². The Morgan fingerprint density at radius 1 is 0.895 bits per heavy atom. The summed E-state index contributed by atoms with van der Waals surface area (Å²) in [6.07, 6.45) is -0.816. The highest BCUT2D eigenvalue weighted by atomic mass is 16.3. The van der Waals surface area contributed by atoms with E-state index in [1.165, 1.54) is 6.92 Å². The number of phenolic OH excluding ortho intramolecular Hbond substituents is 1. The number of hydrogen-bond acceptors (Lipinski definition) is 7. The van der Waals surface area contributed by atoms with E-state index in [1.54, 1.807) is 72.8 Å². The first-order chi connectivity index (χ1) is 18.2. The number of rotatable bonds is 9. The number of nitrogens with two attached hydrogens (primary N) is 1. The monoisotopic (exact) mass is 515 g/mol. The van der Waals surface area contributed by atoms with Crippen molar-refractivity contribution in [2.24, 2.45) is 5.73 Å². The van der Waals surface area contributed by atoms with Crippen molar-refractivity contribution < 1.29 is 29.7 Å². The number of aliphatic hydroxyl groups excluding tert-OH is 2. The second kappa shape index (κ2) is 13.2. The molecule has 7 N–H and O–H groups in total. The maximum atomic E-state index is 12.4. The Kier molecular flexibility index (Phi) is 9.73. The number of ketones is 1. The van der Waals surface area contributed by atoms with Crippen LogP contribution >= 0.6 is 0 Å². The van der Waals surface area contributed by atoms with Crippen LogP contribution in [0.5, 0.6) is 5.75 Å². The van der Waals surface area contributed by atoms with E-state index >= 15 is 0 Å². The van der Waals surface area contributed by atoms with Crippen LogP contribution < -0.4 is 16.4 Å². The number of benzene rings is 3. The van der Waals surface area contributed by atoms with Gasteiger partial charge in [-0.1, -0.05) is 24.0 Å². The zero-order valence-electron chi connectivity index (χ0n) is 20.7. The molecule has 0 bridgehead atoms. The van der Waals surface area contributed by atoms with Gasteiger partial charge in [0.05, 0.1) is 12.1 Å². The summed E-state index contributed by atoms with van der Waals surface area (Å²) in [4.78, 5) is 36.5. The molecule has 3 rings (SSSR count). The van der Waals surface area contributed by atoms with Crippen molar-refractivity contribution in [1.29, 1.82) is 0 Å². The summed E-state index contributed by atoms with van der Waals surface area (Å²) in [7, 11) is 0. The third kappa shape index (κ3) is 8.01. The van der Waals surface area contributed by atoms with Crippen molar-refractivity contribution in [2.45, 2.75) is 31.5 Å². The van der Waals surface area contributed by atoms with Crippen molar-refractivity contribution in [1.82, 2.24) is 5.32 Å². The van der Waals surface area contributed by atoms with Crippen LogP contribution in [0, 0.1) is 11.8 Å². The van der Waals surface area contributed by atoms with E-state index < -0.39 is 36.5 Å². The molecule has 3 aromatic rings. The minimum atomic E-state index is -1.20. The molecule has 0 aromatic heterocycles. The molecular weight excluding hydrogens is 486 g/mol. The van der Waals surface area contributed by atoms with E-state index in [2.05, 4.69) is 22.5 Å². The Balaban J connectivity index is 1.56. The van der Waals surface area contributed by atoms with E-state index in [1.807, 2.05) is 0 Å². The Bertz CT molecular complexity index is 1320. The fourth-order valence-corrected chi connectivity index (χ4v) is 3.49. The average Bonchev–Trinajstić information content (AvgIpc) is 2.92. The van der Waals surface area contributed by atoms with Crippen LogP contribution in [0.2, 0.25) is 0 Å². The fourth-order valence-electron chi connectivity index (χ4n) is 3.49. The molecule has 0 aliphatic heterocycles. The lowest BCUT2D eigenvalue weighted by Gasteiger charge is -2.19. The number of nitrogens with one attached hydrogen (secondary N) is 2. The van der Waals surface area contributed by atoms with E-state index in [0.717, 1.165) is 5.56 Å². The molecular formula is C29H29N3O6. The first kappa shape index (κ1) is 28.1. The minimum Gasteiger partial charge on any atom is -0.508 e. The zero-order chi connectivity index (χ0) is 27.7. The molecule has 0 spiro atoms. The fraction of sp³-hybridized carbons (Fsp3) is 0.207. The highest BCUT2D eigenvalue weighted by Gasteiger charge is 2.25. The van der Waals surface area contributed by atoms with Crippen molar-refractivity contribution in [3.8, 4) is 17.6 Å². The summed E-state index contributed by atoms with van der Waals surface area (Å²) in [5.41, 5.74) is 9.05. The molecule has 0 heterocycles. The highest BCUT2D eigenvalue weighted by molar-refractivity contribution is 5.98. The summed E-state index contributed by atoms with van der Waals surface area (Å²) < 4.78 is 0. The second-order valence-corrected chi connectivity index (χ2v) is 8.69. The highest BCUT2D eigenvalue weighted by Crippen LogP contribution is 2.13. The number of hydrogen-bond donors (Lipinski definition) is 6. The third-order valence-electron chi connectivity index (χ3n) is 5.65. The molecule has 2 amide bonds. The lowest BCUT2D eigenvalue weighted by molar-refractivity contribution is -0.126. The van der Waals surface area contributed by atoms with Gasteiger partial charge >= 0.3 is 0 Å². The number of carbonyl (C=O) groups excluding carboxylic acids is 3. The Hall–Kier alpha value is -4.49. The molecule has 0 aliphatic carbocycles. The SMILES string of the molecule is C[C@@H](O)[C@H](NC(=O)c1ccc(C#Cc2ccc(NC(=O)[C@@H](N)Cc3ccc(O)cc3)cc2)cc1)C(=O)CO. The lowest BCUT2D eigenvalue weighted by Crippen LogP contribution is -2.48. The number of aliphatic hydroxyl groups is 2. The number of anilines is 1. The van der Waals surface area contributed by atoms with Gasteiger partial charge in [-0.3, -0.25) is 14.4 Å². The van der Waals surface area contributed by atoms with E-state index in [0.29, 0.717) is 23.2 Å². The molecule has 0 radical (unpaired) electrons. The molecule has 0 fully saturated rings. The predicted octanol–water partition coefficient (Wildman–Crippen LogP) is 1.34. The van der Waals surface area contributed by atoms with Crippen LogP contribution in [0.15, 0.2) is 72.8 Å². The lowest BCUT2D eigenvalue weighted by atomic mass is 10.1. The molecule has 0 aliphatic rings. The summed E-state index contributed by atoms with van der Waals surface area (Å²) in [5.74, 6) is 4.57. The van der Waals surface area contributed by atoms with Crippen molar-refractivity contribution in [2.75, 3.05) is 11.9 Å². The smallest absolute Gasteiger partial charge is 0.251 e. The van der Waals surface area contributed by atoms with Crippen LogP contribution in [-0.2, 0) is 16.0 Å². The molecule has 3 atom stereocenters. The summed E-state index contributed by atoms with van der Waals surface area (Å²) in [5, 5.41) is 33.2. The van der Waals surface area contributed by atoms with Gasteiger partial charge in [0.1, 0.15) is 18.4 Å². The van der Waals surface area contributed by atoms with Gasteiger partial charge in [-0.15, -0.1) is 0 Å². The van der Waals surface area contributed by atoms with Crippen LogP contribution in [0.3, 0.4) is 0 Å². The minimum absolute atomic E-state index is 0.148. The van der Waals surface area contributed by atoms with Gasteiger partial charge in [0.25, 0.3) is 5.91 Å². The molecule has 9 heteroatoms. The average molecular weight is 516 g/mol. The molecule has 0 saturated carbocycles. The Morgan fingerprint density at radius 2 is 1.45 bits per heavy atom. The van der Waals surface area contributed by atoms with Gasteiger partial charge in [0.2, 0.25) is 5.91 Å². The Labute approximate surface area is 220 Å². The van der Waals surface area contributed by atoms with Crippen LogP contribution in [0.4, 0.5) is 5.69 Å². The number of amides is 2. The molecule has 3 aromatic carbocycles. The summed E-state index contributed by atoms with van der Waals surface area (Å²) >= 11 is 0. The third-order valence-corrected chi connectivity index (χ3v) is 5.65. The van der Waals surface area contributed by atoms with Gasteiger partial charge in [-0.05, 0) is 79.6 Å². The molecule has 38 heavy (non-hydrogen) atoms. The van der Waals surface area contributed by atoms with Crippen LogP contribution in [0.1, 0.15) is 34.0 Å². The number of aromatic hydroxyl groups is 1. The second-order valence-electron chi connectivity index (χ2n) is 8.69. The van der Waals surface area contributed by atoms with E-state index in [4.69, 9.17) is 10.8 Å². The van der Waals surface area contributed by atoms with Gasteiger partial charge in [-0.2, -0.15) is 0 Å². The molecule has 9 nitrogen and oxygen atoms in total. The van der Waals surface area contributed by atoms with Gasteiger partial charge < -0.3 is 31.7 Å². The van der Waals surface area contributed by atoms with Crippen LogP contribution in [0.25, 0.3) is 0 Å². The largest absolute Gasteiger partial charge is 0.508 e. The topological polar surface area (TPSA) is 162 Å². The summed E-state index contributed by atoms with van der Waals surface area (Å²) in [6, 6.07) is 17.9. The van der Waals surface area contributed by atoms with Crippen molar-refractivity contribution in [3.63, 3.8) is 0 Å². The molecule has 0 saturated heterocycles. The first-order valence-corrected chi connectivity index (χ1v) is 11.8. The van der Waals surface area contributed by atoms with Crippen LogP contribution in [-0.4, -0.2) is 57.7 Å². The van der Waals surface area contributed by atoms with Gasteiger partial charge in [-0.25, -0.2) is 0 Å². The Morgan fingerprint density at radius 3 is 1.97 bits per heavy atom.